The van der Waals surface area contributed by atoms with Crippen molar-refractivity contribution in [3.05, 3.63) is 17.2 Å². The molecular weight excluding hydrogens is 454 g/mol. The first-order valence-electron chi connectivity index (χ1n) is 8.72. The lowest BCUT2D eigenvalue weighted by Gasteiger charge is -2.27. The van der Waals surface area contributed by atoms with Crippen molar-refractivity contribution < 1.29 is 50.2 Å². The Labute approximate surface area is 176 Å². The van der Waals surface area contributed by atoms with Crippen molar-refractivity contribution in [2.24, 2.45) is 5.73 Å². The molecule has 0 saturated carbocycles. The number of guanidine groups is 1. The molecule has 9 nitrogen and oxygen atoms in total. The van der Waals surface area contributed by atoms with Crippen molar-refractivity contribution >= 4 is 29.6 Å². The van der Waals surface area contributed by atoms with Crippen LogP contribution in [0, 0.1) is 5.41 Å². The molecule has 1 aromatic rings. The van der Waals surface area contributed by atoms with E-state index in [1.807, 2.05) is 0 Å². The molecule has 0 radical (unpaired) electrons. The van der Waals surface area contributed by atoms with Crippen molar-refractivity contribution in [2.75, 3.05) is 11.9 Å². The second-order valence-electron chi connectivity index (χ2n) is 5.95. The van der Waals surface area contributed by atoms with E-state index in [0.29, 0.717) is 11.0 Å². The van der Waals surface area contributed by atoms with E-state index in [4.69, 9.17) is 11.1 Å². The Kier molecular flexibility index (Phi) is 8.07. The predicted molar refractivity (Wildman–Crippen MR) is 97.4 cm³/mol. The lowest BCUT2D eigenvalue weighted by Crippen LogP contribution is -2.47. The number of amides is 2. The molecule has 32 heavy (non-hydrogen) atoms. The first-order valence-corrected chi connectivity index (χ1v) is 8.72. The highest BCUT2D eigenvalue weighted by Crippen LogP contribution is 2.43. The van der Waals surface area contributed by atoms with E-state index in [0.717, 1.165) is 7.05 Å². The number of esters is 2. The Balaban J connectivity index is 3.96. The smallest absolute Gasteiger partial charge is 0.416 e. The van der Waals surface area contributed by atoms with Crippen molar-refractivity contribution in [3.63, 3.8) is 0 Å². The molecule has 0 bridgehead atoms. The molecule has 1 rings (SSSR count). The first kappa shape index (κ1) is 26.5. The van der Waals surface area contributed by atoms with Crippen LogP contribution in [0.4, 0.5) is 36.8 Å². The van der Waals surface area contributed by atoms with Crippen LogP contribution in [0.15, 0.2) is 6.07 Å². The van der Waals surface area contributed by atoms with E-state index in [1.165, 1.54) is 13.8 Å². The van der Waals surface area contributed by atoms with Gasteiger partial charge in [-0.25, -0.2) is 19.3 Å². The zero-order chi connectivity index (χ0) is 25.0. The predicted octanol–water partition coefficient (Wildman–Crippen LogP) is 2.79. The van der Waals surface area contributed by atoms with E-state index in [9.17, 15) is 40.7 Å². The van der Waals surface area contributed by atoms with Crippen molar-refractivity contribution in [1.29, 1.82) is 5.41 Å². The van der Waals surface area contributed by atoms with Crippen LogP contribution >= 0.6 is 0 Å². The summed E-state index contributed by atoms with van der Waals surface area (Å²) < 4.78 is 84.8. The number of ether oxygens (including phenoxy) is 2. The van der Waals surface area contributed by atoms with Crippen LogP contribution in [0.3, 0.4) is 0 Å². The van der Waals surface area contributed by atoms with E-state index < -0.39 is 53.3 Å². The Hall–Kier alpha value is -3.52. The third kappa shape index (κ3) is 5.79. The molecule has 4 N–H and O–H groups in total. The normalized spacial score (nSPS) is 11.5. The number of halogens is 6. The van der Waals surface area contributed by atoms with Crippen LogP contribution in [0.2, 0.25) is 0 Å². The number of alkyl halides is 6. The summed E-state index contributed by atoms with van der Waals surface area (Å²) in [6.45, 7) is 2.76. The number of rotatable bonds is 5. The molecule has 0 heterocycles. The summed E-state index contributed by atoms with van der Waals surface area (Å²) in [5, 5.41) is 9.79. The van der Waals surface area contributed by atoms with E-state index in [1.54, 1.807) is 0 Å². The monoisotopic (exact) mass is 472 g/mol. The van der Waals surface area contributed by atoms with Gasteiger partial charge in [-0.1, -0.05) is 13.8 Å². The Morgan fingerprint density at radius 2 is 1.53 bits per heavy atom. The maximum Gasteiger partial charge on any atom is 0.491 e. The highest BCUT2D eigenvalue weighted by Gasteiger charge is 2.45. The maximum atomic E-state index is 12.8. The summed E-state index contributed by atoms with van der Waals surface area (Å²) in [6, 6.07) is -0.328. The molecule has 0 atom stereocenters. The SMILES string of the molecule is CCc1cc(OC(=O)C(F)(F)F)c(OC(=O)C(F)(F)F)c(CC)c1N(C(=N)N)C(=O)NC. The Morgan fingerprint density at radius 1 is 1.03 bits per heavy atom. The van der Waals surface area contributed by atoms with Gasteiger partial charge in [0, 0.05) is 12.6 Å². The Bertz CT molecular complexity index is 929. The van der Waals surface area contributed by atoms with E-state index >= 15 is 0 Å². The number of hydrogen-bond acceptors (Lipinski definition) is 6. The highest BCUT2D eigenvalue weighted by atomic mass is 19.4. The quantitative estimate of drug-likeness (QED) is 0.198. The number of benzene rings is 1. The van der Waals surface area contributed by atoms with Crippen LogP contribution < -0.4 is 25.4 Å². The molecular formula is C17H18F6N4O5. The summed E-state index contributed by atoms with van der Waals surface area (Å²) in [7, 11) is 1.15. The van der Waals surface area contributed by atoms with Gasteiger partial charge in [-0.2, -0.15) is 26.3 Å². The molecule has 0 aliphatic heterocycles. The molecule has 0 fully saturated rings. The fraction of sp³-hybridized carbons (Fsp3) is 0.412. The molecule has 0 saturated heterocycles. The molecule has 0 aromatic heterocycles. The van der Waals surface area contributed by atoms with Crippen LogP contribution in [0.1, 0.15) is 25.0 Å². The van der Waals surface area contributed by atoms with Gasteiger partial charge in [-0.15, -0.1) is 0 Å². The van der Waals surface area contributed by atoms with Crippen molar-refractivity contribution in [3.8, 4) is 11.5 Å². The molecule has 0 unspecified atom stereocenters. The topological polar surface area (TPSA) is 135 Å². The molecule has 0 aliphatic carbocycles. The molecule has 1 aromatic carbocycles. The second-order valence-corrected chi connectivity index (χ2v) is 5.95. The van der Waals surface area contributed by atoms with Crippen LogP contribution in [0.25, 0.3) is 0 Å². The van der Waals surface area contributed by atoms with Gasteiger partial charge >= 0.3 is 30.3 Å². The largest absolute Gasteiger partial charge is 0.491 e. The minimum absolute atomic E-state index is 0.0440. The molecule has 15 heteroatoms. The minimum Gasteiger partial charge on any atom is -0.416 e. The molecule has 2 amide bonds. The van der Waals surface area contributed by atoms with Gasteiger partial charge < -0.3 is 20.5 Å². The van der Waals surface area contributed by atoms with Crippen LogP contribution in [0.5, 0.6) is 11.5 Å². The van der Waals surface area contributed by atoms with Crippen LogP contribution in [-0.2, 0) is 22.4 Å². The number of hydrogen-bond donors (Lipinski definition) is 3. The number of carbonyl (C=O) groups excluding carboxylic acids is 3. The highest BCUT2D eigenvalue weighted by molar-refractivity contribution is 6.15. The summed E-state index contributed by atoms with van der Waals surface area (Å²) in [6.07, 6.45) is -11.5. The average Bonchev–Trinajstić information content (AvgIpc) is 2.67. The summed E-state index contributed by atoms with van der Waals surface area (Å²) in [5.41, 5.74) is 4.61. The number of aryl methyl sites for hydroxylation is 1. The van der Waals surface area contributed by atoms with Gasteiger partial charge in [0.15, 0.2) is 11.5 Å². The number of nitrogens with zero attached hydrogens (tertiary/aromatic N) is 1. The van der Waals surface area contributed by atoms with Gasteiger partial charge in [0.25, 0.3) is 0 Å². The summed E-state index contributed by atoms with van der Waals surface area (Å²) in [5.74, 6) is -8.83. The van der Waals surface area contributed by atoms with Gasteiger partial charge in [0.2, 0.25) is 5.96 Å². The number of nitrogens with one attached hydrogen (secondary N) is 2. The zero-order valence-corrected chi connectivity index (χ0v) is 16.8. The third-order valence-electron chi connectivity index (χ3n) is 3.87. The van der Waals surface area contributed by atoms with Crippen LogP contribution in [-0.4, -0.2) is 43.3 Å². The number of anilines is 1. The number of nitrogens with two attached hydrogens (primary N) is 1. The lowest BCUT2D eigenvalue weighted by molar-refractivity contribution is -0.191. The maximum absolute atomic E-state index is 12.8. The zero-order valence-electron chi connectivity index (χ0n) is 16.8. The summed E-state index contributed by atoms with van der Waals surface area (Å²) in [4.78, 5) is 35.5. The van der Waals surface area contributed by atoms with Gasteiger partial charge in [-0.05, 0) is 24.5 Å². The summed E-state index contributed by atoms with van der Waals surface area (Å²) >= 11 is 0. The molecule has 0 spiro atoms. The third-order valence-corrected chi connectivity index (χ3v) is 3.87. The average molecular weight is 472 g/mol. The number of urea groups is 1. The fourth-order valence-corrected chi connectivity index (χ4v) is 2.56. The van der Waals surface area contributed by atoms with Gasteiger partial charge in [-0.3, -0.25) is 5.41 Å². The minimum atomic E-state index is -5.55. The Morgan fingerprint density at radius 3 is 1.91 bits per heavy atom. The van der Waals surface area contributed by atoms with E-state index in [-0.39, 0.29) is 24.1 Å². The van der Waals surface area contributed by atoms with E-state index in [2.05, 4.69) is 14.8 Å². The van der Waals surface area contributed by atoms with Crippen molar-refractivity contribution in [2.45, 2.75) is 39.0 Å². The van der Waals surface area contributed by atoms with Crippen molar-refractivity contribution in [1.82, 2.24) is 5.32 Å². The molecule has 0 aliphatic rings. The number of carbonyl (C=O) groups is 3. The van der Waals surface area contributed by atoms with Gasteiger partial charge in [0.1, 0.15) is 0 Å². The lowest BCUT2D eigenvalue weighted by atomic mass is 9.99. The second kappa shape index (κ2) is 9.74. The molecule has 178 valence electrons. The fourth-order valence-electron chi connectivity index (χ4n) is 2.56. The van der Waals surface area contributed by atoms with Gasteiger partial charge in [0.05, 0.1) is 5.69 Å². The first-order chi connectivity index (χ1) is 14.6. The standard InChI is InChI=1S/C17H18F6N4O5/c1-4-7-6-9(31-12(28)16(18,19)20)11(32-13(29)17(21,22)23)8(5-2)10(7)27(14(24)25)15(30)26-3/h6H,4-5H2,1-3H3,(H3,24,25)(H,26,30).